The Hall–Kier alpha value is -2.29. The van der Waals surface area contributed by atoms with Crippen molar-refractivity contribution >= 4 is 17.4 Å². The van der Waals surface area contributed by atoms with E-state index in [0.29, 0.717) is 0 Å². The molecule has 1 aromatic heterocycles. The van der Waals surface area contributed by atoms with Gasteiger partial charge in [-0.15, -0.1) is 0 Å². The lowest BCUT2D eigenvalue weighted by Gasteiger charge is -2.16. The van der Waals surface area contributed by atoms with Crippen LogP contribution in [0.25, 0.3) is 0 Å². The van der Waals surface area contributed by atoms with Gasteiger partial charge in [0.25, 0.3) is 5.56 Å². The van der Waals surface area contributed by atoms with Crippen LogP contribution in [0.5, 0.6) is 0 Å². The minimum atomic E-state index is -0.795. The number of methoxy groups -OCH3 is 1. The number of aromatic nitrogens is 2. The molecule has 0 aliphatic carbocycles. The number of nitrogen functional groups attached to an aromatic ring is 1. The molecule has 1 unspecified atom stereocenters. The van der Waals surface area contributed by atoms with Crippen LogP contribution < -0.4 is 28.0 Å². The number of ether oxygens (including phenoxy) is 1. The maximum absolute atomic E-state index is 11.7. The van der Waals surface area contributed by atoms with E-state index in [0.717, 1.165) is 4.57 Å². The van der Waals surface area contributed by atoms with Gasteiger partial charge in [0.1, 0.15) is 17.5 Å². The minimum Gasteiger partial charge on any atom is -0.383 e. The van der Waals surface area contributed by atoms with Crippen molar-refractivity contribution in [1.29, 1.82) is 0 Å². The number of nitrogens with zero attached hydrogens (tertiary/aromatic N) is 1. The molecule has 6 N–H and O–H groups in total. The first-order chi connectivity index (χ1) is 8.88. The summed E-state index contributed by atoms with van der Waals surface area (Å²) in [5.74, 6) is -0.715. The van der Waals surface area contributed by atoms with Gasteiger partial charge in [0.2, 0.25) is 5.91 Å². The Bertz CT molecular complexity index is 576. The fourth-order valence-electron chi connectivity index (χ4n) is 1.42. The topological polar surface area (TPSA) is 145 Å². The van der Waals surface area contributed by atoms with E-state index < -0.39 is 23.2 Å². The van der Waals surface area contributed by atoms with Crippen molar-refractivity contribution in [2.45, 2.75) is 19.5 Å². The molecule has 0 saturated heterocycles. The number of H-pyrrole nitrogens is 1. The first-order valence-corrected chi connectivity index (χ1v) is 5.55. The normalized spacial score (nSPS) is 12.1. The zero-order valence-electron chi connectivity index (χ0n) is 10.7. The predicted octanol–water partition coefficient (Wildman–Crippen LogP) is -1.95. The first kappa shape index (κ1) is 14.8. The molecule has 0 saturated carbocycles. The number of anilines is 2. The highest BCUT2D eigenvalue weighted by atomic mass is 16.5. The molecule has 1 atom stereocenters. The van der Waals surface area contributed by atoms with Crippen LogP contribution in [0.4, 0.5) is 11.5 Å². The van der Waals surface area contributed by atoms with E-state index in [1.54, 1.807) is 0 Å². The summed E-state index contributed by atoms with van der Waals surface area (Å²) in [6, 6.07) is -0.795. The molecule has 1 aromatic rings. The molecule has 0 spiro atoms. The zero-order chi connectivity index (χ0) is 14.6. The van der Waals surface area contributed by atoms with Gasteiger partial charge in [-0.1, -0.05) is 0 Å². The summed E-state index contributed by atoms with van der Waals surface area (Å²) in [5.41, 5.74) is 9.42. The highest BCUT2D eigenvalue weighted by Gasteiger charge is 2.16. The lowest BCUT2D eigenvalue weighted by atomic mass is 10.3. The maximum atomic E-state index is 11.7. The van der Waals surface area contributed by atoms with Gasteiger partial charge in [0.15, 0.2) is 0 Å². The summed E-state index contributed by atoms with van der Waals surface area (Å²) < 4.78 is 5.98. The molecule has 0 bridgehead atoms. The van der Waals surface area contributed by atoms with Crippen LogP contribution >= 0.6 is 0 Å². The number of primary amides is 1. The first-order valence-electron chi connectivity index (χ1n) is 5.55. The summed E-state index contributed by atoms with van der Waals surface area (Å²) in [7, 11) is 1.47. The van der Waals surface area contributed by atoms with E-state index in [9.17, 15) is 14.4 Å². The summed E-state index contributed by atoms with van der Waals surface area (Å²) in [6.07, 6.45) is 0. The molecule has 9 heteroatoms. The fourth-order valence-corrected chi connectivity index (χ4v) is 1.42. The number of hydrogen-bond acceptors (Lipinski definition) is 6. The van der Waals surface area contributed by atoms with Gasteiger partial charge in [0, 0.05) is 7.11 Å². The van der Waals surface area contributed by atoms with Gasteiger partial charge in [-0.25, -0.2) is 4.79 Å². The summed E-state index contributed by atoms with van der Waals surface area (Å²) in [5, 5.41) is 2.58. The quantitative estimate of drug-likeness (QED) is 0.473. The van der Waals surface area contributed by atoms with Crippen LogP contribution in [-0.4, -0.2) is 35.2 Å². The third-order valence-corrected chi connectivity index (χ3v) is 2.55. The van der Waals surface area contributed by atoms with Gasteiger partial charge < -0.3 is 21.5 Å². The Kier molecular flexibility index (Phi) is 4.70. The minimum absolute atomic E-state index is 0.0676. The van der Waals surface area contributed by atoms with Crippen LogP contribution in [0.1, 0.15) is 6.92 Å². The number of nitrogens with two attached hydrogens (primary N) is 2. The summed E-state index contributed by atoms with van der Waals surface area (Å²) in [4.78, 5) is 36.3. The van der Waals surface area contributed by atoms with Crippen molar-refractivity contribution in [1.82, 2.24) is 9.55 Å². The molecule has 0 aliphatic heterocycles. The van der Waals surface area contributed by atoms with Crippen molar-refractivity contribution in [2.24, 2.45) is 5.73 Å². The molecule has 106 valence electrons. The van der Waals surface area contributed by atoms with Gasteiger partial charge in [-0.05, 0) is 6.92 Å². The number of aromatic amines is 1. The fraction of sp³-hybridized carbons (Fsp3) is 0.500. The van der Waals surface area contributed by atoms with Crippen LogP contribution in [0, 0.1) is 0 Å². The van der Waals surface area contributed by atoms with Gasteiger partial charge in [-0.3, -0.25) is 19.1 Å². The van der Waals surface area contributed by atoms with E-state index in [-0.39, 0.29) is 24.7 Å². The van der Waals surface area contributed by atoms with Gasteiger partial charge in [0.05, 0.1) is 13.2 Å². The van der Waals surface area contributed by atoms with E-state index >= 15 is 0 Å². The number of rotatable bonds is 6. The molecule has 1 heterocycles. The van der Waals surface area contributed by atoms with Crippen molar-refractivity contribution in [3.8, 4) is 0 Å². The average molecular weight is 271 g/mol. The third-order valence-electron chi connectivity index (χ3n) is 2.55. The van der Waals surface area contributed by atoms with Crippen LogP contribution in [0.2, 0.25) is 0 Å². The van der Waals surface area contributed by atoms with E-state index in [1.807, 2.05) is 0 Å². The monoisotopic (exact) mass is 271 g/mol. The number of hydrogen-bond donors (Lipinski definition) is 4. The highest BCUT2D eigenvalue weighted by Crippen LogP contribution is 2.11. The molecule has 19 heavy (non-hydrogen) atoms. The Morgan fingerprint density at radius 1 is 1.53 bits per heavy atom. The van der Waals surface area contributed by atoms with Crippen LogP contribution in [0.15, 0.2) is 9.59 Å². The standard InChI is InChI=1S/C10H17N5O4/c1-5(8(12)16)13-6-7(11)15(3-4-19-2)10(18)14-9(6)17/h5,13H,3-4,11H2,1-2H3,(H2,12,16)(H,14,17,18). The maximum Gasteiger partial charge on any atom is 0.330 e. The Morgan fingerprint density at radius 3 is 2.68 bits per heavy atom. The predicted molar refractivity (Wildman–Crippen MR) is 69.9 cm³/mol. The van der Waals surface area contributed by atoms with Crippen molar-refractivity contribution < 1.29 is 9.53 Å². The van der Waals surface area contributed by atoms with Crippen LogP contribution in [0.3, 0.4) is 0 Å². The molecule has 1 amide bonds. The second-order valence-electron chi connectivity index (χ2n) is 3.93. The van der Waals surface area contributed by atoms with E-state index in [4.69, 9.17) is 16.2 Å². The second-order valence-corrected chi connectivity index (χ2v) is 3.93. The van der Waals surface area contributed by atoms with Crippen molar-refractivity contribution in [2.75, 3.05) is 24.8 Å². The van der Waals surface area contributed by atoms with Crippen LogP contribution in [-0.2, 0) is 16.1 Å². The molecule has 0 aliphatic rings. The molecule has 9 nitrogen and oxygen atoms in total. The van der Waals surface area contributed by atoms with Crippen molar-refractivity contribution in [3.63, 3.8) is 0 Å². The lowest BCUT2D eigenvalue weighted by Crippen LogP contribution is -2.39. The van der Waals surface area contributed by atoms with E-state index in [1.165, 1.54) is 14.0 Å². The largest absolute Gasteiger partial charge is 0.383 e. The lowest BCUT2D eigenvalue weighted by molar-refractivity contribution is -0.118. The molecule has 0 radical (unpaired) electrons. The number of carbonyl (C=O) groups is 1. The summed E-state index contributed by atoms with van der Waals surface area (Å²) >= 11 is 0. The Morgan fingerprint density at radius 2 is 2.16 bits per heavy atom. The Balaban J connectivity index is 3.21. The zero-order valence-corrected chi connectivity index (χ0v) is 10.7. The Labute approximate surface area is 108 Å². The van der Waals surface area contributed by atoms with Gasteiger partial charge in [-0.2, -0.15) is 0 Å². The molecule has 1 rings (SSSR count). The average Bonchev–Trinajstić information content (AvgIpc) is 2.33. The highest BCUT2D eigenvalue weighted by molar-refractivity contribution is 5.83. The second kappa shape index (κ2) is 6.05. The molecular weight excluding hydrogens is 254 g/mol. The SMILES string of the molecule is COCCn1c(N)c(NC(C)C(N)=O)c(=O)[nH]c1=O. The number of carbonyl (C=O) groups excluding carboxylic acids is 1. The molecule has 0 fully saturated rings. The number of amides is 1. The van der Waals surface area contributed by atoms with E-state index in [2.05, 4.69) is 10.3 Å². The molecular formula is C10H17N5O4. The van der Waals surface area contributed by atoms with Crippen molar-refractivity contribution in [3.05, 3.63) is 20.8 Å². The number of nitrogens with one attached hydrogen (secondary N) is 2. The summed E-state index contributed by atoms with van der Waals surface area (Å²) in [6.45, 7) is 1.91. The smallest absolute Gasteiger partial charge is 0.330 e. The molecule has 0 aromatic carbocycles. The third kappa shape index (κ3) is 3.35. The van der Waals surface area contributed by atoms with Gasteiger partial charge >= 0.3 is 5.69 Å².